The lowest BCUT2D eigenvalue weighted by atomic mass is 10.1. The lowest BCUT2D eigenvalue weighted by Gasteiger charge is -2.28. The van der Waals surface area contributed by atoms with Gasteiger partial charge in [-0.1, -0.05) is 75.5 Å². The molecule has 0 spiro atoms. The van der Waals surface area contributed by atoms with E-state index < -0.39 is 0 Å². The molecule has 0 heterocycles. The molecule has 0 rings (SSSR count). The Morgan fingerprint density at radius 2 is 1.44 bits per heavy atom. The number of hydrogen-bond donors (Lipinski definition) is 1. The van der Waals surface area contributed by atoms with Crippen LogP contribution in [0, 0.1) is 0 Å². The van der Waals surface area contributed by atoms with E-state index in [1.807, 2.05) is 20.2 Å². The lowest BCUT2D eigenvalue weighted by molar-refractivity contribution is -0.883. The molecule has 0 saturated heterocycles. The fourth-order valence-electron chi connectivity index (χ4n) is 3.86. The van der Waals surface area contributed by atoms with Crippen molar-refractivity contribution in [2.45, 2.75) is 111 Å². The smallest absolute Gasteiger partial charge is 0.362 e. The maximum atomic E-state index is 12.2. The standard InChI is InChI=1S/C29H54N2O3/c1-7-8-9-10-11-12-13-14-15-20-28(32)30-22-17-23-31(5,6)25-29(33)34-24-21-27(4)19-16-18-26(2)3/h18,21H,7-17,19-20,22-25H2,1-6H3/p+1/b27-21+. The van der Waals surface area contributed by atoms with Gasteiger partial charge >= 0.3 is 5.97 Å². The van der Waals surface area contributed by atoms with Crippen molar-refractivity contribution in [2.24, 2.45) is 0 Å². The van der Waals surface area contributed by atoms with Gasteiger partial charge in [-0.2, -0.15) is 0 Å². The number of nitrogens with zero attached hydrogens (tertiary/aromatic N) is 1. The highest BCUT2D eigenvalue weighted by Gasteiger charge is 2.20. The van der Waals surface area contributed by atoms with Crippen molar-refractivity contribution in [1.82, 2.24) is 5.32 Å². The summed E-state index contributed by atoms with van der Waals surface area (Å²) in [6.45, 7) is 10.7. The quantitative estimate of drug-likeness (QED) is 0.0860. The number of carbonyl (C=O) groups is 2. The number of carbonyl (C=O) groups excluding carboxylic acids is 2. The number of esters is 1. The zero-order valence-electron chi connectivity index (χ0n) is 23.3. The van der Waals surface area contributed by atoms with Gasteiger partial charge in [0.2, 0.25) is 5.91 Å². The van der Waals surface area contributed by atoms with E-state index in [1.54, 1.807) is 0 Å². The molecular weight excluding hydrogens is 424 g/mol. The maximum Gasteiger partial charge on any atom is 0.362 e. The summed E-state index contributed by atoms with van der Waals surface area (Å²) in [4.78, 5) is 24.2. The molecule has 198 valence electrons. The van der Waals surface area contributed by atoms with Gasteiger partial charge in [-0.15, -0.1) is 0 Å². The molecule has 0 aromatic carbocycles. The molecule has 1 amide bonds. The van der Waals surface area contributed by atoms with Crippen molar-refractivity contribution in [2.75, 3.05) is 40.3 Å². The first-order valence-electron chi connectivity index (χ1n) is 13.7. The summed E-state index contributed by atoms with van der Waals surface area (Å²) < 4.78 is 5.97. The molecule has 0 aliphatic heterocycles. The third-order valence-corrected chi connectivity index (χ3v) is 6.09. The first-order valence-corrected chi connectivity index (χ1v) is 13.7. The number of hydrogen-bond acceptors (Lipinski definition) is 3. The molecule has 0 saturated carbocycles. The molecule has 5 heteroatoms. The molecule has 0 unspecified atom stereocenters. The van der Waals surface area contributed by atoms with Crippen LogP contribution in [0.2, 0.25) is 0 Å². The van der Waals surface area contributed by atoms with Crippen LogP contribution in [-0.2, 0) is 14.3 Å². The molecule has 0 radical (unpaired) electrons. The summed E-state index contributed by atoms with van der Waals surface area (Å²) >= 11 is 0. The Morgan fingerprint density at radius 1 is 0.824 bits per heavy atom. The van der Waals surface area contributed by atoms with Crippen molar-refractivity contribution < 1.29 is 18.8 Å². The van der Waals surface area contributed by atoms with Crippen molar-refractivity contribution in [3.8, 4) is 0 Å². The van der Waals surface area contributed by atoms with Gasteiger partial charge in [0.05, 0.1) is 20.6 Å². The first kappa shape index (κ1) is 32.4. The molecule has 0 aromatic rings. The van der Waals surface area contributed by atoms with Crippen LogP contribution in [0.15, 0.2) is 23.3 Å². The molecule has 0 bridgehead atoms. The van der Waals surface area contributed by atoms with Crippen LogP contribution in [0.25, 0.3) is 0 Å². The summed E-state index contributed by atoms with van der Waals surface area (Å²) in [5, 5.41) is 3.03. The molecule has 0 fully saturated rings. The van der Waals surface area contributed by atoms with Gasteiger partial charge < -0.3 is 14.5 Å². The van der Waals surface area contributed by atoms with Gasteiger partial charge in [-0.25, -0.2) is 4.79 Å². The van der Waals surface area contributed by atoms with Gasteiger partial charge in [0.1, 0.15) is 6.61 Å². The summed E-state index contributed by atoms with van der Waals surface area (Å²) in [6, 6.07) is 0. The van der Waals surface area contributed by atoms with Crippen LogP contribution in [0.4, 0.5) is 0 Å². The monoisotopic (exact) mass is 479 g/mol. The number of amides is 1. The molecule has 0 aliphatic rings. The van der Waals surface area contributed by atoms with E-state index in [0.717, 1.165) is 38.6 Å². The van der Waals surface area contributed by atoms with Crippen molar-refractivity contribution in [1.29, 1.82) is 0 Å². The fraction of sp³-hybridized carbons (Fsp3) is 0.793. The predicted molar refractivity (Wildman–Crippen MR) is 145 cm³/mol. The number of likely N-dealkylation sites (N-methyl/N-ethyl adjacent to an activating group) is 1. The van der Waals surface area contributed by atoms with E-state index in [1.165, 1.54) is 56.1 Å². The average Bonchev–Trinajstić information content (AvgIpc) is 2.75. The second-order valence-electron chi connectivity index (χ2n) is 10.7. The summed E-state index contributed by atoms with van der Waals surface area (Å²) in [7, 11) is 4.07. The lowest BCUT2D eigenvalue weighted by Crippen LogP contribution is -2.46. The van der Waals surface area contributed by atoms with Crippen molar-refractivity contribution in [3.63, 3.8) is 0 Å². The molecule has 34 heavy (non-hydrogen) atoms. The van der Waals surface area contributed by atoms with Crippen LogP contribution in [0.3, 0.4) is 0 Å². The number of nitrogens with one attached hydrogen (secondary N) is 1. The van der Waals surface area contributed by atoms with E-state index in [4.69, 9.17) is 4.74 Å². The van der Waals surface area contributed by atoms with E-state index >= 15 is 0 Å². The topological polar surface area (TPSA) is 55.4 Å². The molecule has 5 nitrogen and oxygen atoms in total. The van der Waals surface area contributed by atoms with Crippen molar-refractivity contribution in [3.05, 3.63) is 23.3 Å². The second-order valence-corrected chi connectivity index (χ2v) is 10.7. The Morgan fingerprint density at radius 3 is 2.06 bits per heavy atom. The Balaban J connectivity index is 3.81. The minimum atomic E-state index is -0.173. The predicted octanol–water partition coefficient (Wildman–Crippen LogP) is 6.73. The van der Waals surface area contributed by atoms with E-state index in [9.17, 15) is 9.59 Å². The minimum absolute atomic E-state index is 0.152. The summed E-state index contributed by atoms with van der Waals surface area (Å²) in [5.41, 5.74) is 2.58. The Kier molecular flexibility index (Phi) is 19.7. The van der Waals surface area contributed by atoms with Crippen molar-refractivity contribution >= 4 is 11.9 Å². The van der Waals surface area contributed by atoms with Gasteiger partial charge in [-0.05, 0) is 46.1 Å². The second kappa shape index (κ2) is 20.7. The molecule has 0 aliphatic carbocycles. The zero-order valence-corrected chi connectivity index (χ0v) is 23.3. The third-order valence-electron chi connectivity index (χ3n) is 6.09. The Bertz CT molecular complexity index is 604. The molecular formula is C29H55N2O3+. The SMILES string of the molecule is CCCCCCCCCCCC(=O)NCCC[N+](C)(C)CC(=O)OC/C=C(\C)CCC=C(C)C. The van der Waals surface area contributed by atoms with E-state index in [-0.39, 0.29) is 11.9 Å². The molecule has 1 N–H and O–H groups in total. The summed E-state index contributed by atoms with van der Waals surface area (Å²) in [5.74, 6) is -0.0212. The summed E-state index contributed by atoms with van der Waals surface area (Å²) in [6.07, 6.45) is 19.1. The van der Waals surface area contributed by atoms with Crippen LogP contribution in [0.5, 0.6) is 0 Å². The first-order chi connectivity index (χ1) is 16.2. The largest absolute Gasteiger partial charge is 0.457 e. The number of allylic oxidation sites excluding steroid dienone is 3. The number of rotatable bonds is 21. The van der Waals surface area contributed by atoms with E-state index in [0.29, 0.717) is 30.6 Å². The minimum Gasteiger partial charge on any atom is -0.457 e. The van der Waals surface area contributed by atoms with Crippen LogP contribution in [-0.4, -0.2) is 56.7 Å². The Labute approximate surface area is 211 Å². The van der Waals surface area contributed by atoms with Crippen LogP contribution < -0.4 is 5.32 Å². The maximum absolute atomic E-state index is 12.2. The molecule has 0 atom stereocenters. The highest BCUT2D eigenvalue weighted by Crippen LogP contribution is 2.10. The van der Waals surface area contributed by atoms with Gasteiger partial charge in [-0.3, -0.25) is 4.79 Å². The van der Waals surface area contributed by atoms with Crippen LogP contribution >= 0.6 is 0 Å². The normalized spacial score (nSPS) is 11.9. The zero-order chi connectivity index (χ0) is 25.7. The fourth-order valence-corrected chi connectivity index (χ4v) is 3.86. The number of quaternary nitrogens is 1. The third kappa shape index (κ3) is 22.2. The Hall–Kier alpha value is -1.62. The highest BCUT2D eigenvalue weighted by molar-refractivity contribution is 5.75. The number of ether oxygens (including phenoxy) is 1. The van der Waals surface area contributed by atoms with Gasteiger partial charge in [0.15, 0.2) is 6.54 Å². The average molecular weight is 480 g/mol. The highest BCUT2D eigenvalue weighted by atomic mass is 16.5. The molecule has 0 aromatic heterocycles. The van der Waals surface area contributed by atoms with E-state index in [2.05, 4.69) is 39.1 Å². The number of unbranched alkanes of at least 4 members (excludes halogenated alkanes) is 8. The van der Waals surface area contributed by atoms with Crippen LogP contribution in [0.1, 0.15) is 111 Å². The van der Waals surface area contributed by atoms with Gasteiger partial charge in [0, 0.05) is 19.4 Å². The van der Waals surface area contributed by atoms with Gasteiger partial charge in [0.25, 0.3) is 0 Å².